The second kappa shape index (κ2) is 9.91. The van der Waals surface area contributed by atoms with Gasteiger partial charge in [0.15, 0.2) is 11.6 Å². The fraction of sp³-hybridized carbons (Fsp3) is 0.240. The molecule has 0 spiro atoms. The summed E-state index contributed by atoms with van der Waals surface area (Å²) in [6.07, 6.45) is 6.28. The van der Waals surface area contributed by atoms with Crippen LogP contribution in [0, 0.1) is 18.6 Å². The van der Waals surface area contributed by atoms with Gasteiger partial charge in [-0.15, -0.1) is 0 Å². The molecule has 0 aliphatic carbocycles. The third-order valence-corrected chi connectivity index (χ3v) is 6.36. The van der Waals surface area contributed by atoms with Crippen molar-refractivity contribution in [2.24, 2.45) is 7.05 Å². The van der Waals surface area contributed by atoms with E-state index in [2.05, 4.69) is 9.97 Å². The number of methoxy groups -OCH3 is 1. The van der Waals surface area contributed by atoms with Crippen molar-refractivity contribution in [1.82, 2.24) is 14.5 Å². The molecule has 1 aromatic carbocycles. The molecule has 0 radical (unpaired) electrons. The zero-order valence-electron chi connectivity index (χ0n) is 19.7. The monoisotopic (exact) mass is 498 g/mol. The molecule has 0 aliphatic rings. The number of ether oxygens (including phenoxy) is 1. The molecule has 0 aliphatic heterocycles. The molecule has 182 valence electrons. The fourth-order valence-electron chi connectivity index (χ4n) is 4.18. The number of pyridine rings is 2. The van der Waals surface area contributed by atoms with Crippen molar-refractivity contribution in [3.05, 3.63) is 87.1 Å². The van der Waals surface area contributed by atoms with E-state index in [9.17, 15) is 18.4 Å². The van der Waals surface area contributed by atoms with E-state index in [1.807, 2.05) is 13.2 Å². The Balaban J connectivity index is 1.90. The highest BCUT2D eigenvalue weighted by atomic mass is 32.2. The number of carbonyl (C=O) groups excluding carboxylic acids is 1. The Hall–Kier alpha value is -3.66. The first-order valence-electron chi connectivity index (χ1n) is 10.7. The van der Waals surface area contributed by atoms with Gasteiger partial charge in [0.05, 0.1) is 25.4 Å². The first-order valence-corrected chi connectivity index (χ1v) is 12.1. The molecular formula is C25H24F2N4O3S. The number of fused-ring (bicyclic) bond motifs is 1. The third-order valence-electron chi connectivity index (χ3n) is 5.76. The molecule has 4 aromatic rings. The second-order valence-corrected chi connectivity index (χ2v) is 8.97. The van der Waals surface area contributed by atoms with Crippen LogP contribution in [-0.2, 0) is 24.1 Å². The average molecular weight is 499 g/mol. The summed E-state index contributed by atoms with van der Waals surface area (Å²) in [6.45, 7) is 1.98. The van der Waals surface area contributed by atoms with E-state index >= 15 is 0 Å². The minimum Gasteiger partial charge on any atom is -0.465 e. The number of H-pyrrole nitrogens is 1. The number of thioether (sulfide) groups is 1. The van der Waals surface area contributed by atoms with Gasteiger partial charge in [0.25, 0.3) is 5.56 Å². The lowest BCUT2D eigenvalue weighted by Gasteiger charge is -2.25. The smallest absolute Gasteiger partial charge is 0.338 e. The highest BCUT2D eigenvalue weighted by Crippen LogP contribution is 2.33. The largest absolute Gasteiger partial charge is 0.465 e. The van der Waals surface area contributed by atoms with E-state index < -0.39 is 17.6 Å². The highest BCUT2D eigenvalue weighted by Gasteiger charge is 2.22. The molecular weight excluding hydrogens is 474 g/mol. The van der Waals surface area contributed by atoms with Gasteiger partial charge in [0, 0.05) is 42.3 Å². The predicted molar refractivity (Wildman–Crippen MR) is 133 cm³/mol. The minimum absolute atomic E-state index is 0.103. The van der Waals surface area contributed by atoms with Crippen LogP contribution in [0.2, 0.25) is 0 Å². The van der Waals surface area contributed by atoms with Crippen molar-refractivity contribution >= 4 is 40.1 Å². The van der Waals surface area contributed by atoms with Crippen molar-refractivity contribution in [3.63, 3.8) is 0 Å². The SMILES string of the molecule is COC(=O)c1cc(N(Cc2c[nH]c3c(=O)n(C)cc(C)c23)c2ncc(F)cc2F)ccc1CSC. The Morgan fingerprint density at radius 1 is 1.26 bits per heavy atom. The van der Waals surface area contributed by atoms with Gasteiger partial charge in [-0.05, 0) is 42.0 Å². The summed E-state index contributed by atoms with van der Waals surface area (Å²) in [6, 6.07) is 5.91. The lowest BCUT2D eigenvalue weighted by atomic mass is 10.1. The summed E-state index contributed by atoms with van der Waals surface area (Å²) in [4.78, 5) is 33.7. The average Bonchev–Trinajstić information content (AvgIpc) is 3.26. The van der Waals surface area contributed by atoms with Crippen LogP contribution in [0.25, 0.3) is 10.9 Å². The van der Waals surface area contributed by atoms with Crippen LogP contribution in [0.3, 0.4) is 0 Å². The maximum Gasteiger partial charge on any atom is 0.338 e. The number of nitrogens with one attached hydrogen (secondary N) is 1. The Morgan fingerprint density at radius 3 is 2.71 bits per heavy atom. The summed E-state index contributed by atoms with van der Waals surface area (Å²) >= 11 is 1.55. The van der Waals surface area contributed by atoms with Crippen molar-refractivity contribution in [3.8, 4) is 0 Å². The maximum atomic E-state index is 15.0. The lowest BCUT2D eigenvalue weighted by molar-refractivity contribution is 0.0600. The molecule has 0 unspecified atom stereocenters. The number of hydrogen-bond donors (Lipinski definition) is 1. The zero-order chi connectivity index (χ0) is 25.3. The second-order valence-electron chi connectivity index (χ2n) is 8.10. The van der Waals surface area contributed by atoms with E-state index in [1.165, 1.54) is 11.7 Å². The molecule has 35 heavy (non-hydrogen) atoms. The van der Waals surface area contributed by atoms with Gasteiger partial charge in [0.1, 0.15) is 11.3 Å². The maximum absolute atomic E-state index is 15.0. The first-order chi connectivity index (χ1) is 16.7. The molecule has 3 heterocycles. The van der Waals surface area contributed by atoms with Crippen LogP contribution in [0.5, 0.6) is 0 Å². The number of halogens is 2. The van der Waals surface area contributed by atoms with Crippen LogP contribution in [0.1, 0.15) is 27.0 Å². The van der Waals surface area contributed by atoms with Crippen molar-refractivity contribution in [2.75, 3.05) is 18.3 Å². The van der Waals surface area contributed by atoms with Gasteiger partial charge in [-0.25, -0.2) is 18.6 Å². The van der Waals surface area contributed by atoms with E-state index in [0.29, 0.717) is 33.5 Å². The summed E-state index contributed by atoms with van der Waals surface area (Å²) in [5.41, 5.74) is 3.39. The summed E-state index contributed by atoms with van der Waals surface area (Å²) in [5, 5.41) is 0.716. The Bertz CT molecular complexity index is 1480. The molecule has 3 aromatic heterocycles. The van der Waals surface area contributed by atoms with Crippen LogP contribution < -0.4 is 10.5 Å². The van der Waals surface area contributed by atoms with Gasteiger partial charge < -0.3 is 19.2 Å². The van der Waals surface area contributed by atoms with Crippen LogP contribution in [0.4, 0.5) is 20.3 Å². The van der Waals surface area contributed by atoms with Crippen LogP contribution in [-0.4, -0.2) is 33.9 Å². The van der Waals surface area contributed by atoms with Gasteiger partial charge in [0.2, 0.25) is 0 Å². The summed E-state index contributed by atoms with van der Waals surface area (Å²) < 4.78 is 35.1. The molecule has 0 bridgehead atoms. The number of esters is 1. The quantitative estimate of drug-likeness (QED) is 0.368. The molecule has 4 rings (SSSR count). The van der Waals surface area contributed by atoms with Crippen molar-refractivity contribution < 1.29 is 18.3 Å². The third kappa shape index (κ3) is 4.66. The normalized spacial score (nSPS) is 11.1. The van der Waals surface area contributed by atoms with Crippen molar-refractivity contribution in [1.29, 1.82) is 0 Å². The zero-order valence-corrected chi connectivity index (χ0v) is 20.5. The fourth-order valence-corrected chi connectivity index (χ4v) is 4.74. The first kappa shape index (κ1) is 24.5. The number of aromatic nitrogens is 3. The molecule has 10 heteroatoms. The number of benzene rings is 1. The minimum atomic E-state index is -0.856. The van der Waals surface area contributed by atoms with Crippen LogP contribution >= 0.6 is 11.8 Å². The molecule has 0 saturated heterocycles. The number of anilines is 2. The van der Waals surface area contributed by atoms with Gasteiger partial charge in [-0.1, -0.05) is 6.07 Å². The highest BCUT2D eigenvalue weighted by molar-refractivity contribution is 7.97. The van der Waals surface area contributed by atoms with E-state index in [1.54, 1.807) is 54.3 Å². The number of nitrogens with zero attached hydrogens (tertiary/aromatic N) is 3. The number of aryl methyl sites for hydroxylation is 2. The van der Waals surface area contributed by atoms with E-state index in [0.717, 1.165) is 23.4 Å². The Kier molecular flexibility index (Phi) is 6.93. The van der Waals surface area contributed by atoms with E-state index in [4.69, 9.17) is 4.74 Å². The molecule has 7 nitrogen and oxygen atoms in total. The number of hydrogen-bond acceptors (Lipinski definition) is 6. The van der Waals surface area contributed by atoms with Crippen molar-refractivity contribution in [2.45, 2.75) is 19.2 Å². The number of rotatable bonds is 7. The Labute approximate surface area is 204 Å². The number of aromatic amines is 1. The summed E-state index contributed by atoms with van der Waals surface area (Å²) in [7, 11) is 2.97. The van der Waals surface area contributed by atoms with E-state index in [-0.39, 0.29) is 17.9 Å². The molecule has 0 fully saturated rings. The van der Waals surface area contributed by atoms with Gasteiger partial charge in [-0.2, -0.15) is 11.8 Å². The van der Waals surface area contributed by atoms with Crippen LogP contribution in [0.15, 0.2) is 47.7 Å². The standard InChI is InChI=1S/C25H24F2N4O3S/c1-14-11-30(2)24(32)22-21(14)16(9-28-22)12-31(23-20(27)7-17(26)10-29-23)18-6-5-15(13-35-4)19(8-18)25(33)34-3/h5-11,28H,12-13H2,1-4H3. The van der Waals surface area contributed by atoms with Gasteiger partial charge in [-0.3, -0.25) is 4.79 Å². The van der Waals surface area contributed by atoms with Gasteiger partial charge >= 0.3 is 5.97 Å². The predicted octanol–water partition coefficient (Wildman–Crippen LogP) is 4.84. The lowest BCUT2D eigenvalue weighted by Crippen LogP contribution is -2.21. The number of carbonyl (C=O) groups is 1. The topological polar surface area (TPSA) is 80.2 Å². The molecule has 0 atom stereocenters. The molecule has 0 saturated carbocycles. The molecule has 0 amide bonds. The molecule has 1 N–H and O–H groups in total. The summed E-state index contributed by atoms with van der Waals surface area (Å²) in [5.74, 6) is -1.71. The Morgan fingerprint density at radius 2 is 2.03 bits per heavy atom.